The van der Waals surface area contributed by atoms with Crippen LogP contribution in [0, 0.1) is 5.82 Å². The maximum atomic E-state index is 13.2. The third-order valence-electron chi connectivity index (χ3n) is 5.30. The first kappa shape index (κ1) is 19.6. The first-order chi connectivity index (χ1) is 14.1. The zero-order valence-electron chi connectivity index (χ0n) is 16.0. The number of carbonyl (C=O) groups excluding carboxylic acids is 1. The van der Waals surface area contributed by atoms with Crippen molar-refractivity contribution in [2.45, 2.75) is 31.8 Å². The van der Waals surface area contributed by atoms with Gasteiger partial charge in [-0.1, -0.05) is 35.9 Å². The van der Waals surface area contributed by atoms with Crippen LogP contribution in [0.25, 0.3) is 10.9 Å². The van der Waals surface area contributed by atoms with Crippen molar-refractivity contribution in [3.05, 3.63) is 71.1 Å². The second-order valence-corrected chi connectivity index (χ2v) is 7.68. The van der Waals surface area contributed by atoms with Crippen LogP contribution >= 0.6 is 11.6 Å². The number of para-hydroxylation sites is 1. The monoisotopic (exact) mass is 412 g/mol. The number of rotatable bonds is 5. The van der Waals surface area contributed by atoms with E-state index in [0.29, 0.717) is 25.9 Å². The van der Waals surface area contributed by atoms with Gasteiger partial charge in [0.1, 0.15) is 23.2 Å². The van der Waals surface area contributed by atoms with Crippen molar-refractivity contribution < 1.29 is 13.9 Å². The number of hydrogen-bond acceptors (Lipinski definition) is 3. The molecule has 1 fully saturated rings. The van der Waals surface area contributed by atoms with Gasteiger partial charge in [0.05, 0.1) is 5.02 Å². The van der Waals surface area contributed by atoms with Crippen LogP contribution < -0.4 is 4.74 Å². The average molecular weight is 413 g/mol. The van der Waals surface area contributed by atoms with Gasteiger partial charge in [-0.05, 0) is 36.2 Å². The number of pyridine rings is 1. The van der Waals surface area contributed by atoms with Gasteiger partial charge in [-0.3, -0.25) is 9.78 Å². The molecule has 0 unspecified atom stereocenters. The van der Waals surface area contributed by atoms with Crippen LogP contribution in [0.3, 0.4) is 0 Å². The molecule has 4 nitrogen and oxygen atoms in total. The van der Waals surface area contributed by atoms with E-state index in [1.807, 2.05) is 35.2 Å². The number of piperidine rings is 1. The van der Waals surface area contributed by atoms with E-state index < -0.39 is 5.82 Å². The van der Waals surface area contributed by atoms with Crippen molar-refractivity contribution in [3.8, 4) is 5.75 Å². The van der Waals surface area contributed by atoms with Gasteiger partial charge < -0.3 is 9.64 Å². The van der Waals surface area contributed by atoms with Crippen molar-refractivity contribution in [1.29, 1.82) is 0 Å². The number of ether oxygens (including phenoxy) is 1. The van der Waals surface area contributed by atoms with E-state index in [0.717, 1.165) is 35.1 Å². The highest BCUT2D eigenvalue weighted by molar-refractivity contribution is 6.30. The van der Waals surface area contributed by atoms with Gasteiger partial charge in [-0.15, -0.1) is 0 Å². The minimum atomic E-state index is -0.440. The van der Waals surface area contributed by atoms with Crippen LogP contribution in [0.15, 0.2) is 54.7 Å². The Bertz CT molecular complexity index is 1010. The third kappa shape index (κ3) is 4.67. The Morgan fingerprint density at radius 3 is 2.76 bits per heavy atom. The molecule has 29 heavy (non-hydrogen) atoms. The van der Waals surface area contributed by atoms with Crippen molar-refractivity contribution >= 4 is 28.4 Å². The van der Waals surface area contributed by atoms with Crippen molar-refractivity contribution in [3.63, 3.8) is 0 Å². The molecule has 0 bridgehead atoms. The van der Waals surface area contributed by atoms with Gasteiger partial charge in [0.25, 0.3) is 0 Å². The van der Waals surface area contributed by atoms with Crippen LogP contribution in [0.4, 0.5) is 4.39 Å². The molecule has 0 radical (unpaired) electrons. The Labute approximate surface area is 174 Å². The minimum absolute atomic E-state index is 0.0718. The Morgan fingerprint density at radius 1 is 1.17 bits per heavy atom. The molecule has 1 saturated heterocycles. The molecule has 4 rings (SSSR count). The number of aryl methyl sites for hydroxylation is 1. The lowest BCUT2D eigenvalue weighted by molar-refractivity contribution is -0.132. The molecule has 6 heteroatoms. The highest BCUT2D eigenvalue weighted by Gasteiger charge is 2.24. The van der Waals surface area contributed by atoms with E-state index in [1.54, 1.807) is 18.3 Å². The molecule has 0 atom stereocenters. The first-order valence-corrected chi connectivity index (χ1v) is 10.2. The summed E-state index contributed by atoms with van der Waals surface area (Å²) in [6.45, 7) is 1.34. The summed E-state index contributed by atoms with van der Waals surface area (Å²) in [5.41, 5.74) is 1.73. The quantitative estimate of drug-likeness (QED) is 0.590. The maximum absolute atomic E-state index is 13.2. The molecule has 1 aromatic heterocycles. The number of amides is 1. The normalized spacial score (nSPS) is 14.9. The number of hydrogen-bond donors (Lipinski definition) is 0. The lowest BCUT2D eigenvalue weighted by Gasteiger charge is -2.32. The van der Waals surface area contributed by atoms with Crippen molar-refractivity contribution in [2.75, 3.05) is 13.1 Å². The van der Waals surface area contributed by atoms with E-state index in [4.69, 9.17) is 16.3 Å². The number of nitrogens with zero attached hydrogens (tertiary/aromatic N) is 2. The fraction of sp³-hybridized carbons (Fsp3) is 0.304. The Balaban J connectivity index is 1.29. The molecule has 1 amide bonds. The van der Waals surface area contributed by atoms with E-state index in [2.05, 4.69) is 4.98 Å². The lowest BCUT2D eigenvalue weighted by Crippen LogP contribution is -2.41. The predicted octanol–water partition coefficient (Wildman–Crippen LogP) is 5.03. The van der Waals surface area contributed by atoms with Gasteiger partial charge in [0.2, 0.25) is 5.91 Å². The van der Waals surface area contributed by atoms with Crippen LogP contribution in [0.5, 0.6) is 5.75 Å². The first-order valence-electron chi connectivity index (χ1n) is 9.82. The highest BCUT2D eigenvalue weighted by atomic mass is 35.5. The number of aromatic nitrogens is 1. The number of halogens is 2. The Hall–Kier alpha value is -2.66. The largest absolute Gasteiger partial charge is 0.488 e. The van der Waals surface area contributed by atoms with Gasteiger partial charge in [-0.25, -0.2) is 4.39 Å². The smallest absolute Gasteiger partial charge is 0.222 e. The van der Waals surface area contributed by atoms with Crippen LogP contribution in [0.1, 0.15) is 24.8 Å². The molecule has 150 valence electrons. The van der Waals surface area contributed by atoms with Crippen molar-refractivity contribution in [2.24, 2.45) is 0 Å². The summed E-state index contributed by atoms with van der Waals surface area (Å²) < 4.78 is 19.4. The second-order valence-electron chi connectivity index (χ2n) is 7.28. The SMILES string of the molecule is O=C(CCc1ccc(F)c(Cl)c1)N1CCC(Oc2cccc3cccnc23)CC1. The Morgan fingerprint density at radius 2 is 1.97 bits per heavy atom. The molecule has 0 aliphatic carbocycles. The zero-order valence-corrected chi connectivity index (χ0v) is 16.7. The molecule has 3 aromatic rings. The third-order valence-corrected chi connectivity index (χ3v) is 5.59. The average Bonchev–Trinajstić information content (AvgIpc) is 2.75. The van der Waals surface area contributed by atoms with Crippen LogP contribution in [-0.4, -0.2) is 35.0 Å². The van der Waals surface area contributed by atoms with Gasteiger partial charge in [0.15, 0.2) is 0 Å². The summed E-state index contributed by atoms with van der Waals surface area (Å²) in [5, 5.41) is 1.15. The standard InChI is InChI=1S/C23H22ClFN2O2/c24-19-15-16(6-8-20(19)25)7-9-22(28)27-13-10-18(11-14-27)29-21-5-1-3-17-4-2-12-26-23(17)21/h1-6,8,12,15,18H,7,9-11,13-14H2. The van der Waals surface area contributed by atoms with Gasteiger partial charge in [0, 0.05) is 43.9 Å². The molecular formula is C23H22ClFN2O2. The predicted molar refractivity (Wildman–Crippen MR) is 112 cm³/mol. The molecule has 1 aliphatic rings. The number of fused-ring (bicyclic) bond motifs is 1. The fourth-order valence-electron chi connectivity index (χ4n) is 3.68. The van der Waals surface area contributed by atoms with E-state index in [9.17, 15) is 9.18 Å². The molecule has 2 heterocycles. The van der Waals surface area contributed by atoms with Crippen LogP contribution in [-0.2, 0) is 11.2 Å². The molecule has 0 spiro atoms. The number of benzene rings is 2. The molecule has 0 N–H and O–H groups in total. The maximum Gasteiger partial charge on any atom is 0.222 e. The fourth-order valence-corrected chi connectivity index (χ4v) is 3.88. The van der Waals surface area contributed by atoms with Gasteiger partial charge in [-0.2, -0.15) is 0 Å². The van der Waals surface area contributed by atoms with Crippen molar-refractivity contribution in [1.82, 2.24) is 9.88 Å². The summed E-state index contributed by atoms with van der Waals surface area (Å²) >= 11 is 5.81. The highest BCUT2D eigenvalue weighted by Crippen LogP contribution is 2.26. The zero-order chi connectivity index (χ0) is 20.2. The summed E-state index contributed by atoms with van der Waals surface area (Å²) in [7, 11) is 0. The molecule has 0 saturated carbocycles. The summed E-state index contributed by atoms with van der Waals surface area (Å²) in [6.07, 6.45) is 4.36. The molecular weight excluding hydrogens is 391 g/mol. The summed E-state index contributed by atoms with van der Waals surface area (Å²) in [4.78, 5) is 18.8. The number of carbonyl (C=O) groups is 1. The van der Waals surface area contributed by atoms with E-state index in [1.165, 1.54) is 6.07 Å². The van der Waals surface area contributed by atoms with E-state index >= 15 is 0 Å². The summed E-state index contributed by atoms with van der Waals surface area (Å²) in [5.74, 6) is 0.460. The minimum Gasteiger partial charge on any atom is -0.488 e. The topological polar surface area (TPSA) is 42.4 Å². The van der Waals surface area contributed by atoms with E-state index in [-0.39, 0.29) is 17.0 Å². The number of likely N-dealkylation sites (tertiary alicyclic amines) is 1. The Kier molecular flexibility index (Phi) is 5.95. The lowest BCUT2D eigenvalue weighted by atomic mass is 10.1. The summed E-state index contributed by atoms with van der Waals surface area (Å²) in [6, 6.07) is 14.5. The second kappa shape index (κ2) is 8.78. The van der Waals surface area contributed by atoms with Gasteiger partial charge >= 0.3 is 0 Å². The molecule has 2 aromatic carbocycles. The molecule has 1 aliphatic heterocycles. The van der Waals surface area contributed by atoms with Crippen LogP contribution in [0.2, 0.25) is 5.02 Å².